The Labute approximate surface area is 246 Å². The van der Waals surface area contributed by atoms with Gasteiger partial charge < -0.3 is 20.7 Å². The molecule has 0 spiro atoms. The van der Waals surface area contributed by atoms with Gasteiger partial charge in [-0.3, -0.25) is 4.79 Å². The number of rotatable bonds is 7. The van der Waals surface area contributed by atoms with Crippen LogP contribution in [0.5, 0.6) is 0 Å². The third-order valence-corrected chi connectivity index (χ3v) is 6.14. The number of alkyl carbamates (subject to hydrolysis) is 1. The van der Waals surface area contributed by atoms with E-state index in [1.165, 1.54) is 0 Å². The van der Waals surface area contributed by atoms with Gasteiger partial charge in [0.05, 0.1) is 11.3 Å². The minimum atomic E-state index is -4.83. The van der Waals surface area contributed by atoms with Gasteiger partial charge in [-0.1, -0.05) is 42.5 Å². The molecule has 0 aliphatic heterocycles. The minimum absolute atomic E-state index is 0.166. The van der Waals surface area contributed by atoms with Crippen molar-refractivity contribution in [2.24, 2.45) is 0 Å². The summed E-state index contributed by atoms with van der Waals surface area (Å²) in [6.07, 6.45) is -3.79. The van der Waals surface area contributed by atoms with Gasteiger partial charge in [0.1, 0.15) is 11.4 Å². The maximum atomic E-state index is 14.0. The second kappa shape index (κ2) is 12.5. The summed E-state index contributed by atoms with van der Waals surface area (Å²) in [5, 5.41) is 8.42. The standard InChI is InChI=1S/C32H30F4N4O3/c1-19-7-5-6-8-26(19)39-28-27(40-29(41)22-13-24(32(34,35)36)16-25(33)14-22)15-23(18-37-28)21-11-9-20(10-12-21)17-38-30(42)43-31(2,3)4/h5-16,18H,17H2,1-4H3,(H,37,39)(H,38,42)(H,40,41). The number of aryl methyl sites for hydroxylation is 1. The van der Waals surface area contributed by atoms with Crippen LogP contribution in [0.4, 0.5) is 39.5 Å². The lowest BCUT2D eigenvalue weighted by molar-refractivity contribution is -0.137. The molecule has 0 saturated carbocycles. The van der Waals surface area contributed by atoms with Crippen LogP contribution in [0.15, 0.2) is 79.0 Å². The highest BCUT2D eigenvalue weighted by molar-refractivity contribution is 6.06. The molecule has 224 valence electrons. The number of para-hydroxylation sites is 1. The Balaban J connectivity index is 1.62. The topological polar surface area (TPSA) is 92.3 Å². The molecule has 43 heavy (non-hydrogen) atoms. The number of amides is 2. The number of halogens is 4. The third-order valence-electron chi connectivity index (χ3n) is 6.14. The predicted molar refractivity (Wildman–Crippen MR) is 157 cm³/mol. The summed E-state index contributed by atoms with van der Waals surface area (Å²) < 4.78 is 59.0. The number of aromatic nitrogens is 1. The first kappa shape index (κ1) is 31.0. The first-order chi connectivity index (χ1) is 20.2. The smallest absolute Gasteiger partial charge is 0.416 e. The van der Waals surface area contributed by atoms with Crippen molar-refractivity contribution in [1.82, 2.24) is 10.3 Å². The normalized spacial score (nSPS) is 11.5. The van der Waals surface area contributed by atoms with Gasteiger partial charge in [-0.15, -0.1) is 0 Å². The first-order valence-corrected chi connectivity index (χ1v) is 13.3. The number of alkyl halides is 3. The summed E-state index contributed by atoms with van der Waals surface area (Å²) in [5.41, 5.74) is 1.48. The molecule has 0 aliphatic carbocycles. The van der Waals surface area contributed by atoms with Crippen LogP contribution in [-0.4, -0.2) is 22.6 Å². The Hall–Kier alpha value is -4.93. The highest BCUT2D eigenvalue weighted by atomic mass is 19.4. The number of pyridine rings is 1. The molecule has 0 atom stereocenters. The van der Waals surface area contributed by atoms with E-state index in [-0.39, 0.29) is 18.1 Å². The van der Waals surface area contributed by atoms with Crippen molar-refractivity contribution in [2.45, 2.75) is 46.0 Å². The molecule has 3 N–H and O–H groups in total. The van der Waals surface area contributed by atoms with Crippen LogP contribution < -0.4 is 16.0 Å². The molecule has 3 aromatic carbocycles. The van der Waals surface area contributed by atoms with Crippen LogP contribution in [0.3, 0.4) is 0 Å². The summed E-state index contributed by atoms with van der Waals surface area (Å²) >= 11 is 0. The van der Waals surface area contributed by atoms with Gasteiger partial charge in [-0.05, 0) is 74.7 Å². The average Bonchev–Trinajstić information content (AvgIpc) is 2.92. The van der Waals surface area contributed by atoms with Gasteiger partial charge in [0.25, 0.3) is 5.91 Å². The number of ether oxygens (including phenoxy) is 1. The Morgan fingerprint density at radius 2 is 1.58 bits per heavy atom. The highest BCUT2D eigenvalue weighted by Crippen LogP contribution is 2.33. The summed E-state index contributed by atoms with van der Waals surface area (Å²) in [7, 11) is 0. The van der Waals surface area contributed by atoms with E-state index in [0.29, 0.717) is 23.4 Å². The van der Waals surface area contributed by atoms with Crippen LogP contribution in [-0.2, 0) is 17.5 Å². The van der Waals surface area contributed by atoms with Crippen molar-refractivity contribution in [1.29, 1.82) is 0 Å². The van der Waals surface area contributed by atoms with E-state index in [1.54, 1.807) is 57.3 Å². The fourth-order valence-electron chi connectivity index (χ4n) is 4.04. The van der Waals surface area contributed by atoms with Gasteiger partial charge >= 0.3 is 12.3 Å². The molecule has 0 unspecified atom stereocenters. The minimum Gasteiger partial charge on any atom is -0.444 e. The Bertz CT molecular complexity index is 1630. The zero-order valence-corrected chi connectivity index (χ0v) is 23.9. The molecular weight excluding hydrogens is 564 g/mol. The number of carbonyl (C=O) groups excluding carboxylic acids is 2. The Morgan fingerprint density at radius 3 is 2.23 bits per heavy atom. The molecule has 1 aromatic heterocycles. The van der Waals surface area contributed by atoms with Crippen molar-refractivity contribution in [3.8, 4) is 11.1 Å². The van der Waals surface area contributed by atoms with Crippen LogP contribution >= 0.6 is 0 Å². The van der Waals surface area contributed by atoms with Crippen LogP contribution in [0.25, 0.3) is 11.1 Å². The molecule has 7 nitrogen and oxygen atoms in total. The number of nitrogens with zero attached hydrogens (tertiary/aromatic N) is 1. The lowest BCUT2D eigenvalue weighted by Crippen LogP contribution is -2.32. The first-order valence-electron chi connectivity index (χ1n) is 13.3. The summed E-state index contributed by atoms with van der Waals surface area (Å²) in [6.45, 7) is 7.42. The van der Waals surface area contributed by atoms with Crippen molar-refractivity contribution >= 4 is 29.2 Å². The zero-order chi connectivity index (χ0) is 31.4. The molecule has 1 heterocycles. The zero-order valence-electron chi connectivity index (χ0n) is 23.9. The molecule has 0 fully saturated rings. The van der Waals surface area contributed by atoms with Gasteiger partial charge in [-0.25, -0.2) is 14.2 Å². The number of carbonyl (C=O) groups is 2. The molecule has 4 rings (SSSR count). The molecule has 11 heteroatoms. The fraction of sp³-hybridized carbons (Fsp3) is 0.219. The molecule has 0 radical (unpaired) electrons. The number of hydrogen-bond acceptors (Lipinski definition) is 5. The molecule has 4 aromatic rings. The SMILES string of the molecule is Cc1ccccc1Nc1ncc(-c2ccc(CNC(=O)OC(C)(C)C)cc2)cc1NC(=O)c1cc(F)cc(C(F)(F)F)c1. The second-order valence-electron chi connectivity index (χ2n) is 10.8. The van der Waals surface area contributed by atoms with E-state index in [0.717, 1.165) is 22.8 Å². The Morgan fingerprint density at radius 1 is 0.884 bits per heavy atom. The highest BCUT2D eigenvalue weighted by Gasteiger charge is 2.32. The number of hydrogen-bond donors (Lipinski definition) is 3. The summed E-state index contributed by atoms with van der Waals surface area (Å²) in [5.74, 6) is -1.90. The van der Waals surface area contributed by atoms with E-state index in [2.05, 4.69) is 20.9 Å². The van der Waals surface area contributed by atoms with E-state index >= 15 is 0 Å². The molecule has 2 amide bonds. The predicted octanol–water partition coefficient (Wildman–Crippen LogP) is 8.24. The van der Waals surface area contributed by atoms with Crippen LogP contribution in [0, 0.1) is 12.7 Å². The summed E-state index contributed by atoms with van der Waals surface area (Å²) in [6, 6.07) is 17.8. The summed E-state index contributed by atoms with van der Waals surface area (Å²) in [4.78, 5) is 29.5. The van der Waals surface area contributed by atoms with Gasteiger partial charge in [0, 0.05) is 29.6 Å². The molecular formula is C32H30F4N4O3. The molecule has 0 aliphatic rings. The quantitative estimate of drug-likeness (QED) is 0.188. The van der Waals surface area contributed by atoms with Crippen molar-refractivity contribution < 1.29 is 31.9 Å². The maximum Gasteiger partial charge on any atom is 0.416 e. The van der Waals surface area contributed by atoms with Crippen molar-refractivity contribution in [2.75, 3.05) is 10.6 Å². The largest absolute Gasteiger partial charge is 0.444 e. The number of benzene rings is 3. The monoisotopic (exact) mass is 594 g/mol. The van der Waals surface area contributed by atoms with Crippen molar-refractivity contribution in [3.05, 3.63) is 107 Å². The second-order valence-corrected chi connectivity index (χ2v) is 10.8. The van der Waals surface area contributed by atoms with E-state index in [4.69, 9.17) is 4.74 Å². The lowest BCUT2D eigenvalue weighted by Gasteiger charge is -2.19. The fourth-order valence-corrected chi connectivity index (χ4v) is 4.04. The van der Waals surface area contributed by atoms with Crippen molar-refractivity contribution in [3.63, 3.8) is 0 Å². The van der Waals surface area contributed by atoms with Crippen LogP contribution in [0.1, 0.15) is 47.8 Å². The van der Waals surface area contributed by atoms with E-state index in [9.17, 15) is 27.2 Å². The van der Waals surface area contributed by atoms with Gasteiger partial charge in [0.2, 0.25) is 0 Å². The number of nitrogens with one attached hydrogen (secondary N) is 3. The average molecular weight is 595 g/mol. The maximum absolute atomic E-state index is 14.0. The third kappa shape index (κ3) is 8.54. The van der Waals surface area contributed by atoms with Gasteiger partial charge in [-0.2, -0.15) is 13.2 Å². The van der Waals surface area contributed by atoms with Crippen LogP contribution in [0.2, 0.25) is 0 Å². The van der Waals surface area contributed by atoms with E-state index < -0.39 is 40.7 Å². The lowest BCUT2D eigenvalue weighted by atomic mass is 10.0. The number of anilines is 3. The molecule has 0 bridgehead atoms. The van der Waals surface area contributed by atoms with E-state index in [1.807, 2.05) is 31.2 Å². The molecule has 0 saturated heterocycles. The Kier molecular flexibility index (Phi) is 9.03. The van der Waals surface area contributed by atoms with Gasteiger partial charge in [0.15, 0.2) is 5.82 Å².